The van der Waals surface area contributed by atoms with Gasteiger partial charge in [0.05, 0.1) is 23.4 Å². The maximum atomic E-state index is 12.7. The molecule has 6 heteroatoms. The highest BCUT2D eigenvalue weighted by molar-refractivity contribution is 7.14. The third-order valence-electron chi connectivity index (χ3n) is 5.50. The molecule has 25 heavy (non-hydrogen) atoms. The van der Waals surface area contributed by atoms with E-state index in [0.29, 0.717) is 23.8 Å². The second kappa shape index (κ2) is 6.72. The predicted octanol–water partition coefficient (Wildman–Crippen LogP) is 3.26. The van der Waals surface area contributed by atoms with Gasteiger partial charge in [0.1, 0.15) is 0 Å². The van der Waals surface area contributed by atoms with Crippen LogP contribution in [-0.4, -0.2) is 35.7 Å². The molecular formula is C19H27NO4S. The number of carbonyl (C=O) groups is 2. The molecular weight excluding hydrogens is 338 g/mol. The van der Waals surface area contributed by atoms with E-state index in [1.54, 1.807) is 11.3 Å². The van der Waals surface area contributed by atoms with Crippen LogP contribution in [-0.2, 0) is 22.4 Å². The molecule has 1 aliphatic heterocycles. The fraction of sp³-hybridized carbons (Fsp3) is 0.684. The fourth-order valence-corrected chi connectivity index (χ4v) is 4.96. The number of carboxylic acid groups (broad SMARTS) is 1. The summed E-state index contributed by atoms with van der Waals surface area (Å²) in [5.74, 6) is -0.449. The molecule has 0 saturated carbocycles. The van der Waals surface area contributed by atoms with Crippen LogP contribution in [0.15, 0.2) is 6.07 Å². The first-order valence-electron chi connectivity index (χ1n) is 8.92. The van der Waals surface area contributed by atoms with Gasteiger partial charge in [0.2, 0.25) is 0 Å². The number of nitrogens with one attached hydrogen (secondary N) is 1. The Bertz CT molecular complexity index is 667. The van der Waals surface area contributed by atoms with Gasteiger partial charge in [0.25, 0.3) is 5.91 Å². The molecule has 5 nitrogen and oxygen atoms in total. The Hall–Kier alpha value is -1.40. The van der Waals surface area contributed by atoms with E-state index in [1.165, 1.54) is 10.4 Å². The van der Waals surface area contributed by atoms with Gasteiger partial charge in [-0.1, -0.05) is 20.8 Å². The molecule has 1 amide bonds. The highest BCUT2D eigenvalue weighted by atomic mass is 32.1. The molecule has 0 radical (unpaired) electrons. The molecule has 1 saturated heterocycles. The smallest absolute Gasteiger partial charge is 0.305 e. The Balaban J connectivity index is 1.74. The minimum absolute atomic E-state index is 0.101. The molecule has 1 aromatic rings. The average Bonchev–Trinajstić information content (AvgIpc) is 3.11. The van der Waals surface area contributed by atoms with Crippen molar-refractivity contribution in [2.75, 3.05) is 13.2 Å². The summed E-state index contributed by atoms with van der Waals surface area (Å²) in [4.78, 5) is 25.9. The standard InChI is InChI=1S/C19H27NO4S/c1-18(2,3)13-4-5-14-12(8-13)9-15(25-14)17(23)20-19(10-16(21)22)6-7-24-11-19/h9,13H,4-8,10-11H2,1-3H3,(H,20,23)(H,21,22). The molecule has 2 aliphatic rings. The number of ether oxygens (including phenoxy) is 1. The zero-order valence-electron chi connectivity index (χ0n) is 15.2. The van der Waals surface area contributed by atoms with Gasteiger partial charge in [-0.25, -0.2) is 0 Å². The second-order valence-corrected chi connectivity index (χ2v) is 9.61. The predicted molar refractivity (Wildman–Crippen MR) is 97.2 cm³/mol. The Morgan fingerprint density at radius 1 is 1.44 bits per heavy atom. The third kappa shape index (κ3) is 4.06. The van der Waals surface area contributed by atoms with Crippen molar-refractivity contribution in [3.8, 4) is 0 Å². The summed E-state index contributed by atoms with van der Waals surface area (Å²) in [5.41, 5.74) is 0.784. The highest BCUT2D eigenvalue weighted by Crippen LogP contribution is 2.40. The molecule has 0 spiro atoms. The molecule has 138 valence electrons. The topological polar surface area (TPSA) is 75.6 Å². The maximum Gasteiger partial charge on any atom is 0.305 e. The lowest BCUT2D eigenvalue weighted by molar-refractivity contribution is -0.138. The quantitative estimate of drug-likeness (QED) is 0.859. The lowest BCUT2D eigenvalue weighted by atomic mass is 9.72. The Labute approximate surface area is 152 Å². The van der Waals surface area contributed by atoms with Crippen LogP contribution >= 0.6 is 11.3 Å². The average molecular weight is 365 g/mol. The molecule has 2 N–H and O–H groups in total. The van der Waals surface area contributed by atoms with Gasteiger partial charge in [0.15, 0.2) is 0 Å². The summed E-state index contributed by atoms with van der Waals surface area (Å²) in [7, 11) is 0. The Morgan fingerprint density at radius 2 is 2.20 bits per heavy atom. The van der Waals surface area contributed by atoms with Gasteiger partial charge >= 0.3 is 5.97 Å². The normalized spacial score (nSPS) is 26.3. The van der Waals surface area contributed by atoms with Crippen molar-refractivity contribution in [1.29, 1.82) is 0 Å². The van der Waals surface area contributed by atoms with Gasteiger partial charge < -0.3 is 15.2 Å². The fourth-order valence-electron chi connectivity index (χ4n) is 3.86. The number of carbonyl (C=O) groups excluding carboxylic acids is 1. The molecule has 2 heterocycles. The van der Waals surface area contributed by atoms with Gasteiger partial charge in [-0.05, 0) is 48.6 Å². The van der Waals surface area contributed by atoms with Crippen LogP contribution in [0.5, 0.6) is 0 Å². The molecule has 3 rings (SSSR count). The van der Waals surface area contributed by atoms with E-state index < -0.39 is 11.5 Å². The summed E-state index contributed by atoms with van der Waals surface area (Å²) < 4.78 is 5.36. The zero-order valence-corrected chi connectivity index (χ0v) is 16.0. The first-order valence-corrected chi connectivity index (χ1v) is 9.74. The third-order valence-corrected chi connectivity index (χ3v) is 6.74. The van der Waals surface area contributed by atoms with Crippen molar-refractivity contribution in [3.63, 3.8) is 0 Å². The lowest BCUT2D eigenvalue weighted by Crippen LogP contribution is -2.50. The minimum atomic E-state index is -0.913. The SMILES string of the molecule is CC(C)(C)C1CCc2sc(C(=O)NC3(CC(=O)O)CCOC3)cc2C1. The number of fused-ring (bicyclic) bond motifs is 1. The monoisotopic (exact) mass is 365 g/mol. The Kier molecular flexibility index (Phi) is 4.95. The molecule has 0 aromatic carbocycles. The van der Waals surface area contributed by atoms with E-state index in [1.807, 2.05) is 6.07 Å². The minimum Gasteiger partial charge on any atom is -0.481 e. The molecule has 0 bridgehead atoms. The molecule has 2 unspecified atom stereocenters. The molecule has 1 aliphatic carbocycles. The van der Waals surface area contributed by atoms with Crippen LogP contribution in [0, 0.1) is 11.3 Å². The van der Waals surface area contributed by atoms with E-state index in [4.69, 9.17) is 9.84 Å². The van der Waals surface area contributed by atoms with Crippen LogP contribution in [0.1, 0.15) is 60.1 Å². The number of carboxylic acids is 1. The van der Waals surface area contributed by atoms with Crippen LogP contribution in [0.3, 0.4) is 0 Å². The van der Waals surface area contributed by atoms with E-state index in [9.17, 15) is 9.59 Å². The first-order chi connectivity index (χ1) is 11.7. The lowest BCUT2D eigenvalue weighted by Gasteiger charge is -2.33. The van der Waals surface area contributed by atoms with E-state index in [2.05, 4.69) is 26.1 Å². The van der Waals surface area contributed by atoms with Crippen LogP contribution in [0.2, 0.25) is 0 Å². The Morgan fingerprint density at radius 3 is 2.80 bits per heavy atom. The molecule has 2 atom stereocenters. The summed E-state index contributed by atoms with van der Waals surface area (Å²) in [5, 5.41) is 12.1. The maximum absolute atomic E-state index is 12.7. The largest absolute Gasteiger partial charge is 0.481 e. The van der Waals surface area contributed by atoms with Gasteiger partial charge in [0, 0.05) is 11.5 Å². The highest BCUT2D eigenvalue weighted by Gasteiger charge is 2.39. The van der Waals surface area contributed by atoms with E-state index in [-0.39, 0.29) is 24.3 Å². The first kappa shape index (κ1) is 18.4. The number of aliphatic carboxylic acids is 1. The van der Waals surface area contributed by atoms with E-state index in [0.717, 1.165) is 19.3 Å². The van der Waals surface area contributed by atoms with Gasteiger partial charge in [-0.2, -0.15) is 0 Å². The number of thiophene rings is 1. The summed E-state index contributed by atoms with van der Waals surface area (Å²) >= 11 is 1.56. The number of rotatable bonds is 4. The zero-order chi connectivity index (χ0) is 18.2. The van der Waals surface area contributed by atoms with Crippen molar-refractivity contribution in [2.24, 2.45) is 11.3 Å². The number of aryl methyl sites for hydroxylation is 1. The molecule has 1 aromatic heterocycles. The summed E-state index contributed by atoms with van der Waals surface area (Å²) in [6, 6.07) is 2.01. The summed E-state index contributed by atoms with van der Waals surface area (Å²) in [6.45, 7) is 7.58. The van der Waals surface area contributed by atoms with Crippen molar-refractivity contribution < 1.29 is 19.4 Å². The van der Waals surface area contributed by atoms with Crippen molar-refractivity contribution in [2.45, 2.75) is 58.4 Å². The van der Waals surface area contributed by atoms with Crippen LogP contribution in [0.4, 0.5) is 0 Å². The summed E-state index contributed by atoms with van der Waals surface area (Å²) in [6.07, 6.45) is 3.65. The second-order valence-electron chi connectivity index (χ2n) is 8.47. The van der Waals surface area contributed by atoms with Crippen LogP contribution in [0.25, 0.3) is 0 Å². The van der Waals surface area contributed by atoms with Crippen molar-refractivity contribution >= 4 is 23.2 Å². The van der Waals surface area contributed by atoms with Crippen molar-refractivity contribution in [3.05, 3.63) is 21.4 Å². The van der Waals surface area contributed by atoms with Gasteiger partial charge in [-0.3, -0.25) is 9.59 Å². The number of amides is 1. The van der Waals surface area contributed by atoms with Gasteiger partial charge in [-0.15, -0.1) is 11.3 Å². The van der Waals surface area contributed by atoms with Crippen LogP contribution < -0.4 is 5.32 Å². The van der Waals surface area contributed by atoms with E-state index >= 15 is 0 Å². The number of hydrogen-bond donors (Lipinski definition) is 2. The van der Waals surface area contributed by atoms with Crippen molar-refractivity contribution in [1.82, 2.24) is 5.32 Å². The number of hydrogen-bond acceptors (Lipinski definition) is 4. The molecule has 1 fully saturated rings.